The van der Waals surface area contributed by atoms with Gasteiger partial charge in [-0.1, -0.05) is 48.5 Å². The minimum atomic E-state index is -0.158. The molecule has 1 heterocycles. The zero-order valence-corrected chi connectivity index (χ0v) is 19.3. The fourth-order valence-corrected chi connectivity index (χ4v) is 4.16. The molecule has 1 aromatic heterocycles. The minimum Gasteiger partial charge on any atom is -0.493 e. The Morgan fingerprint density at radius 2 is 1.62 bits per heavy atom. The molecule has 0 aliphatic heterocycles. The lowest BCUT2D eigenvalue weighted by molar-refractivity contribution is -0.121. The number of methoxy groups -OCH3 is 2. The van der Waals surface area contributed by atoms with Crippen LogP contribution in [0.2, 0.25) is 0 Å². The summed E-state index contributed by atoms with van der Waals surface area (Å²) in [4.78, 5) is 28.6. The predicted molar refractivity (Wildman–Crippen MR) is 133 cm³/mol. The second kappa shape index (κ2) is 10.7. The van der Waals surface area contributed by atoms with Gasteiger partial charge in [-0.3, -0.25) is 9.59 Å². The molecule has 0 spiro atoms. The normalized spacial score (nSPS) is 11.7. The van der Waals surface area contributed by atoms with Gasteiger partial charge in [0.25, 0.3) is 0 Å². The molecule has 0 saturated carbocycles. The fourth-order valence-electron chi connectivity index (χ4n) is 4.16. The molecule has 4 aromatic rings. The number of carbonyl (C=O) groups is 2. The molecule has 0 aliphatic carbocycles. The van der Waals surface area contributed by atoms with Gasteiger partial charge >= 0.3 is 0 Å². The number of ketones is 1. The third-order valence-corrected chi connectivity index (χ3v) is 5.99. The number of carbonyl (C=O) groups excluding carboxylic acids is 2. The third kappa shape index (κ3) is 5.12. The number of aromatic nitrogens is 1. The van der Waals surface area contributed by atoms with Crippen molar-refractivity contribution in [2.45, 2.75) is 18.8 Å². The number of Topliss-reactive ketones (excluding diaryl/α,β-unsaturated/α-hetero) is 1. The molecule has 174 valence electrons. The highest BCUT2D eigenvalue weighted by molar-refractivity contribution is 5.98. The van der Waals surface area contributed by atoms with Crippen molar-refractivity contribution in [3.05, 3.63) is 95.7 Å². The number of para-hydroxylation sites is 1. The van der Waals surface area contributed by atoms with Gasteiger partial charge in [-0.05, 0) is 35.4 Å². The highest BCUT2D eigenvalue weighted by Gasteiger charge is 2.19. The lowest BCUT2D eigenvalue weighted by Gasteiger charge is -2.18. The van der Waals surface area contributed by atoms with Crippen LogP contribution >= 0.6 is 0 Å². The smallest absolute Gasteiger partial charge is 0.220 e. The Bertz CT molecular complexity index is 1280. The van der Waals surface area contributed by atoms with Crippen molar-refractivity contribution in [2.24, 2.45) is 0 Å². The van der Waals surface area contributed by atoms with Crippen LogP contribution in [0.4, 0.5) is 0 Å². The first-order valence-electron chi connectivity index (χ1n) is 11.2. The Balaban J connectivity index is 1.42. The molecule has 0 saturated heterocycles. The summed E-state index contributed by atoms with van der Waals surface area (Å²) >= 11 is 0. The minimum absolute atomic E-state index is 0.0112. The molecule has 0 bridgehead atoms. The zero-order valence-electron chi connectivity index (χ0n) is 19.3. The standard InChI is InChI=1S/C28H28N2O4/c1-33-26-14-12-20(16-27(26)34-2)25(31)13-15-28(32)30-17-22(19-8-4-3-5-9-19)23-18-29-24-11-7-6-10-21(23)24/h3-12,14,16,18,22,29H,13,15,17H2,1-2H3,(H,30,32). The number of benzene rings is 3. The molecule has 1 atom stereocenters. The van der Waals surface area contributed by atoms with Gasteiger partial charge in [0.15, 0.2) is 17.3 Å². The van der Waals surface area contributed by atoms with Crippen molar-refractivity contribution in [3.63, 3.8) is 0 Å². The van der Waals surface area contributed by atoms with Gasteiger partial charge in [0, 0.05) is 48.0 Å². The molecule has 3 aromatic carbocycles. The highest BCUT2D eigenvalue weighted by atomic mass is 16.5. The number of hydrogen-bond donors (Lipinski definition) is 2. The average Bonchev–Trinajstić information content (AvgIpc) is 3.31. The van der Waals surface area contributed by atoms with Gasteiger partial charge in [0.1, 0.15) is 0 Å². The number of ether oxygens (including phenoxy) is 2. The van der Waals surface area contributed by atoms with Crippen LogP contribution in [0.5, 0.6) is 11.5 Å². The molecular weight excluding hydrogens is 428 g/mol. The Kier molecular flexibility index (Phi) is 7.28. The summed E-state index contributed by atoms with van der Waals surface area (Å²) in [5, 5.41) is 4.17. The summed E-state index contributed by atoms with van der Waals surface area (Å²) < 4.78 is 10.5. The van der Waals surface area contributed by atoms with E-state index in [1.807, 2.05) is 42.6 Å². The summed E-state index contributed by atoms with van der Waals surface area (Å²) in [5.41, 5.74) is 3.80. The number of fused-ring (bicyclic) bond motifs is 1. The Morgan fingerprint density at radius 3 is 2.38 bits per heavy atom. The summed E-state index contributed by atoms with van der Waals surface area (Å²) in [6.45, 7) is 0.440. The molecule has 0 aliphatic rings. The van der Waals surface area contributed by atoms with E-state index in [0.29, 0.717) is 23.6 Å². The van der Waals surface area contributed by atoms with Crippen molar-refractivity contribution in [3.8, 4) is 11.5 Å². The van der Waals surface area contributed by atoms with E-state index in [2.05, 4.69) is 28.5 Å². The van der Waals surface area contributed by atoms with E-state index in [0.717, 1.165) is 22.0 Å². The number of aromatic amines is 1. The maximum atomic E-state index is 12.7. The van der Waals surface area contributed by atoms with Crippen LogP contribution < -0.4 is 14.8 Å². The lowest BCUT2D eigenvalue weighted by atomic mass is 9.91. The summed E-state index contributed by atoms with van der Waals surface area (Å²) in [6, 6.07) is 23.3. The van der Waals surface area contributed by atoms with Crippen molar-refractivity contribution in [1.29, 1.82) is 0 Å². The zero-order chi connectivity index (χ0) is 23.9. The van der Waals surface area contributed by atoms with E-state index < -0.39 is 0 Å². The maximum absolute atomic E-state index is 12.7. The van der Waals surface area contributed by atoms with Gasteiger partial charge in [-0.15, -0.1) is 0 Å². The first-order valence-corrected chi connectivity index (χ1v) is 11.2. The number of H-pyrrole nitrogens is 1. The third-order valence-electron chi connectivity index (χ3n) is 5.99. The largest absolute Gasteiger partial charge is 0.493 e. The number of nitrogens with one attached hydrogen (secondary N) is 2. The van der Waals surface area contributed by atoms with E-state index in [4.69, 9.17) is 9.47 Å². The van der Waals surface area contributed by atoms with E-state index in [1.54, 1.807) is 25.3 Å². The van der Waals surface area contributed by atoms with Gasteiger partial charge in [0.2, 0.25) is 5.91 Å². The van der Waals surface area contributed by atoms with Crippen LogP contribution in [0.15, 0.2) is 79.0 Å². The molecule has 6 nitrogen and oxygen atoms in total. The molecule has 1 unspecified atom stereocenters. The maximum Gasteiger partial charge on any atom is 0.220 e. The fraction of sp³-hybridized carbons (Fsp3) is 0.214. The van der Waals surface area contributed by atoms with Crippen LogP contribution in [0, 0.1) is 0 Å². The van der Waals surface area contributed by atoms with Crippen molar-refractivity contribution in [1.82, 2.24) is 10.3 Å². The van der Waals surface area contributed by atoms with Crippen LogP contribution in [-0.4, -0.2) is 37.4 Å². The van der Waals surface area contributed by atoms with E-state index in [9.17, 15) is 9.59 Å². The van der Waals surface area contributed by atoms with Gasteiger partial charge in [-0.25, -0.2) is 0 Å². The molecule has 6 heteroatoms. The quantitative estimate of drug-likeness (QED) is 0.326. The summed E-state index contributed by atoms with van der Waals surface area (Å²) in [5.74, 6) is 0.757. The SMILES string of the molecule is COc1ccc(C(=O)CCC(=O)NCC(c2ccccc2)c2c[nH]c3ccccc23)cc1OC. The molecule has 34 heavy (non-hydrogen) atoms. The van der Waals surface area contributed by atoms with Gasteiger partial charge in [-0.2, -0.15) is 0 Å². The first kappa shape index (κ1) is 23.1. The Hall–Kier alpha value is -4.06. The Labute approximate surface area is 198 Å². The van der Waals surface area contributed by atoms with Crippen molar-refractivity contribution in [2.75, 3.05) is 20.8 Å². The second-order valence-electron chi connectivity index (χ2n) is 8.05. The molecule has 1 amide bonds. The predicted octanol–water partition coefficient (Wildman–Crippen LogP) is 5.10. The number of amides is 1. The van der Waals surface area contributed by atoms with E-state index in [1.165, 1.54) is 7.11 Å². The van der Waals surface area contributed by atoms with E-state index >= 15 is 0 Å². The van der Waals surface area contributed by atoms with Crippen LogP contribution in [0.25, 0.3) is 10.9 Å². The van der Waals surface area contributed by atoms with Crippen LogP contribution in [0.1, 0.15) is 40.2 Å². The van der Waals surface area contributed by atoms with Crippen molar-refractivity contribution < 1.29 is 19.1 Å². The molecule has 4 rings (SSSR count). The van der Waals surface area contributed by atoms with Gasteiger partial charge in [0.05, 0.1) is 14.2 Å². The van der Waals surface area contributed by atoms with Gasteiger partial charge < -0.3 is 19.8 Å². The topological polar surface area (TPSA) is 80.4 Å². The van der Waals surface area contributed by atoms with E-state index in [-0.39, 0.29) is 30.4 Å². The number of hydrogen-bond acceptors (Lipinski definition) is 4. The monoisotopic (exact) mass is 456 g/mol. The molecular formula is C28H28N2O4. The van der Waals surface area contributed by atoms with Crippen molar-refractivity contribution >= 4 is 22.6 Å². The van der Waals surface area contributed by atoms with Crippen LogP contribution in [-0.2, 0) is 4.79 Å². The summed E-state index contributed by atoms with van der Waals surface area (Å²) in [7, 11) is 3.07. The number of rotatable bonds is 10. The Morgan fingerprint density at radius 1 is 0.882 bits per heavy atom. The first-order chi connectivity index (χ1) is 16.6. The molecule has 2 N–H and O–H groups in total. The average molecular weight is 457 g/mol. The second-order valence-corrected chi connectivity index (χ2v) is 8.05. The molecule has 0 fully saturated rings. The highest BCUT2D eigenvalue weighted by Crippen LogP contribution is 2.31. The van der Waals surface area contributed by atoms with Crippen LogP contribution in [0.3, 0.4) is 0 Å². The molecule has 0 radical (unpaired) electrons. The lowest BCUT2D eigenvalue weighted by Crippen LogP contribution is -2.29. The summed E-state index contributed by atoms with van der Waals surface area (Å²) in [6.07, 6.45) is 2.24.